The molecule has 8 heteroatoms. The van der Waals surface area contributed by atoms with Gasteiger partial charge in [-0.1, -0.05) is 30.0 Å². The molecular formula is C9H11N5OS2. The highest BCUT2D eigenvalue weighted by Gasteiger charge is 2.12. The van der Waals surface area contributed by atoms with Gasteiger partial charge in [0.1, 0.15) is 5.69 Å². The zero-order chi connectivity index (χ0) is 12.3. The zero-order valence-electron chi connectivity index (χ0n) is 9.38. The minimum Gasteiger partial charge on any atom is -0.295 e. The highest BCUT2D eigenvalue weighted by molar-refractivity contribution is 8.01. The molecule has 2 aromatic heterocycles. The fraction of sp³-hybridized carbons (Fsp3) is 0.333. The summed E-state index contributed by atoms with van der Waals surface area (Å²) in [6, 6.07) is 1.65. The van der Waals surface area contributed by atoms with Crippen LogP contribution in [-0.4, -0.2) is 31.6 Å². The number of rotatable bonds is 4. The Morgan fingerprint density at radius 1 is 1.59 bits per heavy atom. The van der Waals surface area contributed by atoms with Crippen LogP contribution in [0.1, 0.15) is 17.4 Å². The summed E-state index contributed by atoms with van der Waals surface area (Å²) in [7, 11) is 1.72. The van der Waals surface area contributed by atoms with Crippen molar-refractivity contribution in [2.24, 2.45) is 7.05 Å². The number of nitrogens with zero attached hydrogens (tertiary/aromatic N) is 4. The van der Waals surface area contributed by atoms with E-state index in [0.29, 0.717) is 10.8 Å². The number of thioether (sulfide) groups is 1. The molecule has 1 amide bonds. The Morgan fingerprint density at radius 2 is 2.41 bits per heavy atom. The monoisotopic (exact) mass is 269 g/mol. The first-order chi connectivity index (χ1) is 8.20. The second-order valence-corrected chi connectivity index (χ2v) is 5.59. The van der Waals surface area contributed by atoms with Crippen LogP contribution >= 0.6 is 23.1 Å². The molecule has 0 spiro atoms. The maximum Gasteiger partial charge on any atom is 0.275 e. The third kappa shape index (κ3) is 2.83. The van der Waals surface area contributed by atoms with Crippen LogP contribution in [0.5, 0.6) is 0 Å². The lowest BCUT2D eigenvalue weighted by molar-refractivity contribution is 0.101. The summed E-state index contributed by atoms with van der Waals surface area (Å²) in [4.78, 5) is 11.8. The van der Waals surface area contributed by atoms with Crippen LogP contribution in [0, 0.1) is 0 Å². The predicted octanol–water partition coefficient (Wildman–Crippen LogP) is 1.64. The van der Waals surface area contributed by atoms with Gasteiger partial charge in [0.2, 0.25) is 5.13 Å². The van der Waals surface area contributed by atoms with Gasteiger partial charge in [-0.3, -0.25) is 14.8 Å². The van der Waals surface area contributed by atoms with Crippen molar-refractivity contribution >= 4 is 34.1 Å². The van der Waals surface area contributed by atoms with E-state index in [1.165, 1.54) is 16.0 Å². The summed E-state index contributed by atoms with van der Waals surface area (Å²) in [5.41, 5.74) is 0.491. The fourth-order valence-corrected chi connectivity index (χ4v) is 2.84. The number of hydrogen-bond acceptors (Lipinski definition) is 6. The molecule has 0 aliphatic heterocycles. The lowest BCUT2D eigenvalue weighted by Crippen LogP contribution is -2.15. The van der Waals surface area contributed by atoms with Crippen LogP contribution in [0.25, 0.3) is 0 Å². The smallest absolute Gasteiger partial charge is 0.275 e. The molecule has 2 heterocycles. The summed E-state index contributed by atoms with van der Waals surface area (Å²) < 4.78 is 2.37. The SMILES string of the molecule is CCSc1nnc(NC(=O)c2ccnn2C)s1. The minimum atomic E-state index is -0.228. The number of hydrogen-bond donors (Lipinski definition) is 1. The number of amides is 1. The van der Waals surface area contributed by atoms with E-state index < -0.39 is 0 Å². The van der Waals surface area contributed by atoms with Crippen molar-refractivity contribution in [2.75, 3.05) is 11.1 Å². The van der Waals surface area contributed by atoms with Gasteiger partial charge in [0.05, 0.1) is 0 Å². The molecule has 0 saturated heterocycles. The number of carbonyl (C=O) groups excluding carboxylic acids is 1. The van der Waals surface area contributed by atoms with Gasteiger partial charge in [0.25, 0.3) is 5.91 Å². The summed E-state index contributed by atoms with van der Waals surface area (Å²) in [6.07, 6.45) is 1.58. The Kier molecular flexibility index (Phi) is 3.75. The Hall–Kier alpha value is -1.41. The second kappa shape index (κ2) is 5.28. The molecule has 0 aromatic carbocycles. The molecule has 0 aliphatic carbocycles. The van der Waals surface area contributed by atoms with Gasteiger partial charge in [-0.05, 0) is 11.8 Å². The van der Waals surface area contributed by atoms with Gasteiger partial charge in [-0.2, -0.15) is 5.10 Å². The van der Waals surface area contributed by atoms with Gasteiger partial charge < -0.3 is 0 Å². The van der Waals surface area contributed by atoms with E-state index in [1.807, 2.05) is 6.92 Å². The van der Waals surface area contributed by atoms with E-state index in [0.717, 1.165) is 10.1 Å². The molecule has 2 rings (SSSR count). The normalized spacial score (nSPS) is 10.5. The molecule has 90 valence electrons. The third-order valence-electron chi connectivity index (χ3n) is 1.95. The van der Waals surface area contributed by atoms with E-state index in [9.17, 15) is 4.79 Å². The average molecular weight is 269 g/mol. The van der Waals surface area contributed by atoms with Crippen LogP contribution < -0.4 is 5.32 Å². The lowest BCUT2D eigenvalue weighted by Gasteiger charge is -2.00. The van der Waals surface area contributed by atoms with Crippen LogP contribution in [0.15, 0.2) is 16.6 Å². The molecular weight excluding hydrogens is 258 g/mol. The summed E-state index contributed by atoms with van der Waals surface area (Å²) in [5.74, 6) is 0.707. The van der Waals surface area contributed by atoms with Crippen molar-refractivity contribution in [1.29, 1.82) is 0 Å². The molecule has 0 aliphatic rings. The highest BCUT2D eigenvalue weighted by Crippen LogP contribution is 2.25. The Bertz CT molecular complexity index is 521. The standard InChI is InChI=1S/C9H11N5OS2/c1-3-16-9-13-12-8(17-9)11-7(15)6-4-5-10-14(6)2/h4-5H,3H2,1-2H3,(H,11,12,15). The van der Waals surface area contributed by atoms with Crippen LogP contribution in [0.4, 0.5) is 5.13 Å². The molecule has 0 atom stereocenters. The van der Waals surface area contributed by atoms with Gasteiger partial charge in [0, 0.05) is 13.2 Å². The van der Waals surface area contributed by atoms with E-state index in [2.05, 4.69) is 20.6 Å². The lowest BCUT2D eigenvalue weighted by atomic mass is 10.4. The number of aromatic nitrogens is 4. The van der Waals surface area contributed by atoms with Crippen molar-refractivity contribution < 1.29 is 4.79 Å². The zero-order valence-corrected chi connectivity index (χ0v) is 11.0. The average Bonchev–Trinajstić information content (AvgIpc) is 2.88. The van der Waals surface area contributed by atoms with Gasteiger partial charge >= 0.3 is 0 Å². The Labute approximate surface area is 106 Å². The first-order valence-electron chi connectivity index (χ1n) is 4.96. The second-order valence-electron chi connectivity index (χ2n) is 3.10. The van der Waals surface area contributed by atoms with Gasteiger partial charge in [-0.25, -0.2) is 0 Å². The van der Waals surface area contributed by atoms with Crippen molar-refractivity contribution in [2.45, 2.75) is 11.3 Å². The molecule has 0 radical (unpaired) electrons. The topological polar surface area (TPSA) is 72.7 Å². The van der Waals surface area contributed by atoms with Crippen LogP contribution in [-0.2, 0) is 7.05 Å². The van der Waals surface area contributed by atoms with Gasteiger partial charge in [-0.15, -0.1) is 10.2 Å². The van der Waals surface area contributed by atoms with Crippen molar-refractivity contribution in [3.8, 4) is 0 Å². The quantitative estimate of drug-likeness (QED) is 0.674. The van der Waals surface area contributed by atoms with Crippen LogP contribution in [0.2, 0.25) is 0 Å². The molecule has 0 unspecified atom stereocenters. The molecule has 2 aromatic rings. The van der Waals surface area contributed by atoms with E-state index in [1.54, 1.807) is 31.1 Å². The molecule has 0 bridgehead atoms. The third-order valence-corrected chi connectivity index (χ3v) is 3.80. The Morgan fingerprint density at radius 3 is 3.06 bits per heavy atom. The van der Waals surface area contributed by atoms with E-state index in [4.69, 9.17) is 0 Å². The van der Waals surface area contributed by atoms with E-state index >= 15 is 0 Å². The molecule has 17 heavy (non-hydrogen) atoms. The van der Waals surface area contributed by atoms with Gasteiger partial charge in [0.15, 0.2) is 4.34 Å². The predicted molar refractivity (Wildman–Crippen MR) is 67.5 cm³/mol. The summed E-state index contributed by atoms with van der Waals surface area (Å²) >= 11 is 2.97. The van der Waals surface area contributed by atoms with Crippen LogP contribution in [0.3, 0.4) is 0 Å². The van der Waals surface area contributed by atoms with E-state index in [-0.39, 0.29) is 5.91 Å². The molecule has 0 fully saturated rings. The van der Waals surface area contributed by atoms with Crippen molar-refractivity contribution in [3.63, 3.8) is 0 Å². The minimum absolute atomic E-state index is 0.228. The number of nitrogens with one attached hydrogen (secondary N) is 1. The maximum absolute atomic E-state index is 11.8. The molecule has 1 N–H and O–H groups in total. The number of anilines is 1. The molecule has 0 saturated carbocycles. The Balaban J connectivity index is 2.05. The highest BCUT2D eigenvalue weighted by atomic mass is 32.2. The maximum atomic E-state index is 11.8. The summed E-state index contributed by atoms with van der Waals surface area (Å²) in [5, 5.41) is 15.0. The first-order valence-corrected chi connectivity index (χ1v) is 6.76. The number of carbonyl (C=O) groups is 1. The fourth-order valence-electron chi connectivity index (χ4n) is 1.20. The molecule has 6 nitrogen and oxygen atoms in total. The first kappa shape index (κ1) is 12.1. The van der Waals surface area contributed by atoms with Crippen molar-refractivity contribution in [3.05, 3.63) is 18.0 Å². The van der Waals surface area contributed by atoms with Crippen molar-refractivity contribution in [1.82, 2.24) is 20.0 Å². The largest absolute Gasteiger partial charge is 0.295 e. The number of aryl methyl sites for hydroxylation is 1. The summed E-state index contributed by atoms with van der Waals surface area (Å²) in [6.45, 7) is 2.04.